The Labute approximate surface area is 147 Å². The maximum Gasteiger partial charge on any atom is 0.347 e. The molecule has 0 aliphatic carbocycles. The predicted octanol–water partition coefficient (Wildman–Crippen LogP) is 2.99. The second kappa shape index (κ2) is 6.86. The molecule has 0 saturated carbocycles. The van der Waals surface area contributed by atoms with Gasteiger partial charge in [-0.1, -0.05) is 29.8 Å². The van der Waals surface area contributed by atoms with Gasteiger partial charge < -0.3 is 19.9 Å². The molecule has 3 N–H and O–H groups in total. The number of para-hydroxylation sites is 1. The van der Waals surface area contributed by atoms with Crippen LogP contribution in [0.2, 0.25) is 5.02 Å². The van der Waals surface area contributed by atoms with Crippen molar-refractivity contribution >= 4 is 28.5 Å². The fourth-order valence-corrected chi connectivity index (χ4v) is 2.66. The van der Waals surface area contributed by atoms with Crippen molar-refractivity contribution < 1.29 is 19.7 Å². The number of pyridine rings is 1. The lowest BCUT2D eigenvalue weighted by molar-refractivity contribution is 0.0503. The molecule has 0 atom stereocenters. The van der Waals surface area contributed by atoms with Crippen molar-refractivity contribution in [1.29, 1.82) is 0 Å². The van der Waals surface area contributed by atoms with Crippen molar-refractivity contribution in [1.82, 2.24) is 4.98 Å². The van der Waals surface area contributed by atoms with Gasteiger partial charge in [-0.25, -0.2) is 4.79 Å². The molecule has 0 aliphatic heterocycles. The fourth-order valence-electron chi connectivity index (χ4n) is 2.49. The summed E-state index contributed by atoms with van der Waals surface area (Å²) in [7, 11) is 0. The first-order chi connectivity index (χ1) is 12.0. The summed E-state index contributed by atoms with van der Waals surface area (Å²) in [6, 6.07) is 11.2. The number of fused-ring (bicyclic) bond motifs is 1. The minimum Gasteiger partial charge on any atom is -0.508 e. The number of benzene rings is 2. The van der Waals surface area contributed by atoms with Gasteiger partial charge in [-0.3, -0.25) is 4.79 Å². The molecule has 1 aromatic heterocycles. The molecule has 0 radical (unpaired) electrons. The highest BCUT2D eigenvalue weighted by molar-refractivity contribution is 6.31. The van der Waals surface area contributed by atoms with Gasteiger partial charge in [0.15, 0.2) is 5.56 Å². The van der Waals surface area contributed by atoms with E-state index in [0.29, 0.717) is 16.1 Å². The summed E-state index contributed by atoms with van der Waals surface area (Å²) >= 11 is 5.85. The Morgan fingerprint density at radius 2 is 1.92 bits per heavy atom. The van der Waals surface area contributed by atoms with E-state index in [1.165, 1.54) is 24.3 Å². The molecule has 0 saturated heterocycles. The molecule has 0 spiro atoms. The van der Waals surface area contributed by atoms with E-state index in [-0.39, 0.29) is 24.2 Å². The molecule has 25 heavy (non-hydrogen) atoms. The third kappa shape index (κ3) is 3.44. The van der Waals surface area contributed by atoms with Gasteiger partial charge >= 0.3 is 5.97 Å². The summed E-state index contributed by atoms with van der Waals surface area (Å²) in [5.41, 5.74) is -0.297. The lowest BCUT2D eigenvalue weighted by atomic mass is 10.1. The van der Waals surface area contributed by atoms with Crippen LogP contribution in [-0.4, -0.2) is 27.8 Å². The third-order valence-corrected chi connectivity index (χ3v) is 3.98. The van der Waals surface area contributed by atoms with Crippen LogP contribution < -0.4 is 5.56 Å². The van der Waals surface area contributed by atoms with Crippen molar-refractivity contribution in [3.8, 4) is 11.5 Å². The van der Waals surface area contributed by atoms with Crippen molar-refractivity contribution in [3.05, 3.63) is 69.0 Å². The SMILES string of the molecule is O=C(OCCc1ccccc1O)c1c(O)c2ccc(Cl)cc2[nH]c1=O. The van der Waals surface area contributed by atoms with Gasteiger partial charge in [-0.2, -0.15) is 0 Å². The number of phenolic OH excluding ortho intramolecular Hbond substituents is 1. The molecule has 0 unspecified atom stereocenters. The van der Waals surface area contributed by atoms with Gasteiger partial charge in [0, 0.05) is 16.8 Å². The number of phenols is 1. The molecule has 2 aromatic carbocycles. The van der Waals surface area contributed by atoms with Gasteiger partial charge in [0.1, 0.15) is 11.5 Å². The number of rotatable bonds is 4. The zero-order chi connectivity index (χ0) is 18.0. The molecule has 128 valence electrons. The monoisotopic (exact) mass is 359 g/mol. The van der Waals surface area contributed by atoms with Crippen LogP contribution in [0.15, 0.2) is 47.3 Å². The van der Waals surface area contributed by atoms with Crippen LogP contribution in [0.1, 0.15) is 15.9 Å². The summed E-state index contributed by atoms with van der Waals surface area (Å²) < 4.78 is 5.07. The molecule has 0 aliphatic rings. The lowest BCUT2D eigenvalue weighted by Crippen LogP contribution is -2.20. The average molecular weight is 360 g/mol. The van der Waals surface area contributed by atoms with E-state index in [1.54, 1.807) is 18.2 Å². The zero-order valence-electron chi connectivity index (χ0n) is 13.0. The number of nitrogens with one attached hydrogen (secondary N) is 1. The zero-order valence-corrected chi connectivity index (χ0v) is 13.7. The number of esters is 1. The number of hydrogen-bond acceptors (Lipinski definition) is 5. The van der Waals surface area contributed by atoms with Gasteiger partial charge in [0.05, 0.1) is 12.1 Å². The number of carbonyl (C=O) groups is 1. The smallest absolute Gasteiger partial charge is 0.347 e. The summed E-state index contributed by atoms with van der Waals surface area (Å²) in [6.45, 7) is -0.0477. The van der Waals surface area contributed by atoms with E-state index >= 15 is 0 Å². The second-order valence-corrected chi connectivity index (χ2v) is 5.82. The molecule has 6 nitrogen and oxygen atoms in total. The Balaban J connectivity index is 1.81. The van der Waals surface area contributed by atoms with Crippen molar-refractivity contribution in [3.63, 3.8) is 0 Å². The normalized spacial score (nSPS) is 10.8. The van der Waals surface area contributed by atoms with Gasteiger partial charge in [0.25, 0.3) is 5.56 Å². The number of carbonyl (C=O) groups excluding carboxylic acids is 1. The van der Waals surface area contributed by atoms with E-state index in [0.717, 1.165) is 0 Å². The standard InChI is InChI=1S/C18H14ClNO5/c19-11-5-6-12-13(9-11)20-17(23)15(16(12)22)18(24)25-8-7-10-3-1-2-4-14(10)21/h1-6,9,21H,7-8H2,(H2,20,22,23). The van der Waals surface area contributed by atoms with E-state index in [2.05, 4.69) is 4.98 Å². The average Bonchev–Trinajstić information content (AvgIpc) is 2.56. The van der Waals surface area contributed by atoms with Crippen LogP contribution in [0.25, 0.3) is 10.9 Å². The van der Waals surface area contributed by atoms with Crippen LogP contribution >= 0.6 is 11.6 Å². The van der Waals surface area contributed by atoms with Crippen molar-refractivity contribution in [2.75, 3.05) is 6.61 Å². The minimum atomic E-state index is -0.939. The molecule has 3 aromatic rings. The quantitative estimate of drug-likeness (QED) is 0.622. The summed E-state index contributed by atoms with van der Waals surface area (Å²) in [5, 5.41) is 20.6. The maximum absolute atomic E-state index is 12.2. The first-order valence-electron chi connectivity index (χ1n) is 7.46. The number of H-pyrrole nitrogens is 1. The third-order valence-electron chi connectivity index (χ3n) is 3.75. The molecule has 0 amide bonds. The highest BCUT2D eigenvalue weighted by Crippen LogP contribution is 2.27. The summed E-state index contributed by atoms with van der Waals surface area (Å²) in [5.74, 6) is -1.30. The minimum absolute atomic E-state index is 0.0477. The van der Waals surface area contributed by atoms with Crippen molar-refractivity contribution in [2.24, 2.45) is 0 Å². The molecule has 3 rings (SSSR count). The maximum atomic E-state index is 12.2. The number of halogens is 1. The number of hydrogen-bond donors (Lipinski definition) is 3. The molecular formula is C18H14ClNO5. The predicted molar refractivity (Wildman–Crippen MR) is 93.3 cm³/mol. The van der Waals surface area contributed by atoms with Crippen LogP contribution in [0.3, 0.4) is 0 Å². The van der Waals surface area contributed by atoms with Gasteiger partial charge in [0.2, 0.25) is 0 Å². The molecule has 0 bridgehead atoms. The Kier molecular flexibility index (Phi) is 4.63. The number of ether oxygens (including phenoxy) is 1. The number of aromatic hydroxyl groups is 2. The topological polar surface area (TPSA) is 99.6 Å². The first kappa shape index (κ1) is 16.9. The summed E-state index contributed by atoms with van der Waals surface area (Å²) in [6.07, 6.45) is 0.278. The van der Waals surface area contributed by atoms with E-state index in [9.17, 15) is 19.8 Å². The van der Waals surface area contributed by atoms with E-state index in [4.69, 9.17) is 16.3 Å². The summed E-state index contributed by atoms with van der Waals surface area (Å²) in [4.78, 5) is 26.8. The molecule has 1 heterocycles. The Bertz CT molecular complexity index is 1010. The number of aromatic amines is 1. The van der Waals surface area contributed by atoms with Crippen LogP contribution in [0.5, 0.6) is 11.5 Å². The molecular weight excluding hydrogens is 346 g/mol. The van der Waals surface area contributed by atoms with Crippen LogP contribution in [-0.2, 0) is 11.2 Å². The number of aromatic nitrogens is 1. The Hall–Kier alpha value is -2.99. The van der Waals surface area contributed by atoms with Gasteiger partial charge in [-0.15, -0.1) is 0 Å². The van der Waals surface area contributed by atoms with Crippen LogP contribution in [0.4, 0.5) is 0 Å². The van der Waals surface area contributed by atoms with E-state index in [1.807, 2.05) is 0 Å². The van der Waals surface area contributed by atoms with Crippen molar-refractivity contribution in [2.45, 2.75) is 6.42 Å². The first-order valence-corrected chi connectivity index (χ1v) is 7.83. The van der Waals surface area contributed by atoms with Crippen LogP contribution in [0, 0.1) is 0 Å². The van der Waals surface area contributed by atoms with Gasteiger partial charge in [-0.05, 0) is 29.8 Å². The highest BCUT2D eigenvalue weighted by atomic mass is 35.5. The Morgan fingerprint density at radius 1 is 1.16 bits per heavy atom. The largest absolute Gasteiger partial charge is 0.508 e. The fraction of sp³-hybridized carbons (Fsp3) is 0.111. The second-order valence-electron chi connectivity index (χ2n) is 5.38. The molecule has 7 heteroatoms. The van der Waals surface area contributed by atoms with E-state index < -0.39 is 22.8 Å². The molecule has 0 fully saturated rings. The lowest BCUT2D eigenvalue weighted by Gasteiger charge is -2.09. The Morgan fingerprint density at radius 3 is 2.68 bits per heavy atom. The highest BCUT2D eigenvalue weighted by Gasteiger charge is 2.20.